The Kier molecular flexibility index (Phi) is 7.21. The topological polar surface area (TPSA) is 77.3 Å². The van der Waals surface area contributed by atoms with Gasteiger partial charge in [-0.1, -0.05) is 18.2 Å². The van der Waals surface area contributed by atoms with E-state index in [1.165, 1.54) is 17.4 Å². The molecule has 0 saturated heterocycles. The van der Waals surface area contributed by atoms with Gasteiger partial charge in [-0.05, 0) is 60.4 Å². The number of sulfonamides is 1. The van der Waals surface area contributed by atoms with Crippen LogP contribution >= 0.6 is 0 Å². The van der Waals surface area contributed by atoms with Crippen molar-refractivity contribution in [1.82, 2.24) is 18.8 Å². The summed E-state index contributed by atoms with van der Waals surface area (Å²) >= 11 is 0. The van der Waals surface area contributed by atoms with E-state index in [4.69, 9.17) is 4.74 Å². The van der Waals surface area contributed by atoms with Crippen molar-refractivity contribution in [2.75, 3.05) is 14.2 Å². The highest BCUT2D eigenvalue weighted by molar-refractivity contribution is 7.89. The molecule has 5 rings (SSSR count). The molecule has 1 aliphatic carbocycles. The van der Waals surface area contributed by atoms with E-state index in [0.717, 1.165) is 36.7 Å². The van der Waals surface area contributed by atoms with Gasteiger partial charge in [0.2, 0.25) is 10.0 Å². The van der Waals surface area contributed by atoms with Gasteiger partial charge in [-0.25, -0.2) is 13.4 Å². The van der Waals surface area contributed by atoms with Gasteiger partial charge < -0.3 is 9.30 Å². The number of hydrogen-bond donors (Lipinski definition) is 0. The summed E-state index contributed by atoms with van der Waals surface area (Å²) in [5.74, 6) is 0.672. The summed E-state index contributed by atoms with van der Waals surface area (Å²) in [7, 11) is -0.832. The molecule has 11 heteroatoms. The summed E-state index contributed by atoms with van der Waals surface area (Å²) in [4.78, 5) is 8.69. The van der Waals surface area contributed by atoms with Gasteiger partial charge in [0.05, 0.1) is 29.6 Å². The second-order valence-corrected chi connectivity index (χ2v) is 11.6. The molecular weight excluding hydrogens is 529 g/mol. The average Bonchev–Trinajstić information content (AvgIpc) is 3.65. The van der Waals surface area contributed by atoms with Crippen LogP contribution in [0.25, 0.3) is 11.3 Å². The number of rotatable bonds is 9. The average molecular weight is 557 g/mol. The fraction of sp³-hybridized carbons (Fsp3) is 0.286. The van der Waals surface area contributed by atoms with Crippen molar-refractivity contribution >= 4 is 10.0 Å². The lowest BCUT2D eigenvalue weighted by Crippen LogP contribution is -2.26. The highest BCUT2D eigenvalue weighted by atomic mass is 32.2. The minimum atomic E-state index is -4.49. The lowest BCUT2D eigenvalue weighted by molar-refractivity contribution is -0.137. The smallest absolute Gasteiger partial charge is 0.416 e. The number of alkyl halides is 3. The van der Waals surface area contributed by atoms with Crippen LogP contribution in [0.5, 0.6) is 5.75 Å². The predicted molar refractivity (Wildman–Crippen MR) is 140 cm³/mol. The molecule has 2 aromatic heterocycles. The van der Waals surface area contributed by atoms with E-state index in [1.54, 1.807) is 49.8 Å². The molecular formula is C28H27F3N4O3S. The van der Waals surface area contributed by atoms with Gasteiger partial charge in [-0.3, -0.25) is 4.98 Å². The third-order valence-electron chi connectivity index (χ3n) is 6.72. The Balaban J connectivity index is 1.49. The van der Waals surface area contributed by atoms with Crippen molar-refractivity contribution < 1.29 is 26.3 Å². The highest BCUT2D eigenvalue weighted by Crippen LogP contribution is 2.37. The molecule has 39 heavy (non-hydrogen) atoms. The summed E-state index contributed by atoms with van der Waals surface area (Å²) in [5, 5.41) is 0. The molecule has 2 aromatic carbocycles. The van der Waals surface area contributed by atoms with E-state index in [1.807, 2.05) is 10.8 Å². The van der Waals surface area contributed by atoms with Crippen LogP contribution in [-0.2, 0) is 29.2 Å². The quantitative estimate of drug-likeness (QED) is 0.264. The maximum atomic E-state index is 13.5. The van der Waals surface area contributed by atoms with Crippen molar-refractivity contribution in [3.05, 3.63) is 95.7 Å². The highest BCUT2D eigenvalue weighted by Gasteiger charge is 2.31. The summed E-state index contributed by atoms with van der Waals surface area (Å²) in [6, 6.07) is 14.1. The first-order valence-corrected chi connectivity index (χ1v) is 13.8. The number of benzene rings is 2. The Morgan fingerprint density at radius 1 is 1.05 bits per heavy atom. The second kappa shape index (κ2) is 10.5. The standard InChI is InChI=1S/C28H27F3N4O3S/c1-34(16-19-3-8-24(38-2)9-4-19)39(36,37)25-10-5-20(13-22-14-21(11-12-32-22)28(29,30)31)26(15-25)27-17-35(18-33-27)23-6-7-23/h3-5,8-12,14-15,17-18,23H,6-7,13,16H2,1-2H3. The Morgan fingerprint density at radius 3 is 2.46 bits per heavy atom. The third kappa shape index (κ3) is 5.99. The summed E-state index contributed by atoms with van der Waals surface area (Å²) in [6.45, 7) is 0.147. The van der Waals surface area contributed by atoms with Gasteiger partial charge >= 0.3 is 6.18 Å². The van der Waals surface area contributed by atoms with Crippen LogP contribution in [0, 0.1) is 0 Å². The monoisotopic (exact) mass is 556 g/mol. The first-order valence-electron chi connectivity index (χ1n) is 12.3. The molecule has 0 atom stereocenters. The van der Waals surface area contributed by atoms with Crippen LogP contribution in [-0.4, -0.2) is 41.4 Å². The molecule has 0 aliphatic heterocycles. The zero-order chi connectivity index (χ0) is 27.8. The van der Waals surface area contributed by atoms with Crippen LogP contribution in [0.1, 0.15) is 41.3 Å². The van der Waals surface area contributed by atoms with E-state index in [2.05, 4.69) is 9.97 Å². The van der Waals surface area contributed by atoms with E-state index in [0.29, 0.717) is 28.6 Å². The first-order chi connectivity index (χ1) is 18.5. The minimum absolute atomic E-state index is 0.0650. The zero-order valence-corrected chi connectivity index (χ0v) is 22.2. The number of halogens is 3. The van der Waals surface area contributed by atoms with Crippen molar-refractivity contribution in [3.63, 3.8) is 0 Å². The summed E-state index contributed by atoms with van der Waals surface area (Å²) in [5.41, 5.74) is 1.94. The first kappa shape index (κ1) is 26.9. The molecule has 1 fully saturated rings. The predicted octanol–water partition coefficient (Wildman–Crippen LogP) is 5.72. The number of pyridine rings is 1. The zero-order valence-electron chi connectivity index (χ0n) is 21.4. The lowest BCUT2D eigenvalue weighted by Gasteiger charge is -2.19. The SMILES string of the molecule is COc1ccc(CN(C)S(=O)(=O)c2ccc(Cc3cc(C(F)(F)F)ccn3)c(-c3cn(C4CC4)cn3)c2)cc1. The molecule has 1 saturated carbocycles. The fourth-order valence-corrected chi connectivity index (χ4v) is 5.54. The molecule has 0 bridgehead atoms. The molecule has 204 valence electrons. The van der Waals surface area contributed by atoms with Crippen LogP contribution < -0.4 is 4.74 Å². The maximum absolute atomic E-state index is 13.5. The fourth-order valence-electron chi connectivity index (χ4n) is 4.36. The number of hydrogen-bond acceptors (Lipinski definition) is 5. The van der Waals surface area contributed by atoms with Crippen molar-refractivity contribution in [2.24, 2.45) is 0 Å². The Morgan fingerprint density at radius 2 is 1.79 bits per heavy atom. The molecule has 0 amide bonds. The van der Waals surface area contributed by atoms with Gasteiger partial charge in [0.15, 0.2) is 0 Å². The van der Waals surface area contributed by atoms with Crippen LogP contribution in [0.3, 0.4) is 0 Å². The third-order valence-corrected chi connectivity index (χ3v) is 8.51. The number of imidazole rings is 1. The maximum Gasteiger partial charge on any atom is 0.416 e. The van der Waals surface area contributed by atoms with Crippen LogP contribution in [0.4, 0.5) is 13.2 Å². The van der Waals surface area contributed by atoms with Crippen molar-refractivity contribution in [2.45, 2.75) is 42.9 Å². The molecule has 4 aromatic rings. The van der Waals surface area contributed by atoms with Crippen LogP contribution in [0.15, 0.2) is 78.2 Å². The molecule has 7 nitrogen and oxygen atoms in total. The molecule has 0 unspecified atom stereocenters. The van der Waals surface area contributed by atoms with Crippen molar-refractivity contribution in [3.8, 4) is 17.0 Å². The molecule has 1 aliphatic rings. The molecule has 2 heterocycles. The van der Waals surface area contributed by atoms with Gasteiger partial charge in [0.25, 0.3) is 0 Å². The number of ether oxygens (including phenoxy) is 1. The number of nitrogens with zero attached hydrogens (tertiary/aromatic N) is 4. The summed E-state index contributed by atoms with van der Waals surface area (Å²) < 4.78 is 75.3. The van der Waals surface area contributed by atoms with Gasteiger partial charge in [0, 0.05) is 49.7 Å². The largest absolute Gasteiger partial charge is 0.497 e. The number of aromatic nitrogens is 3. The van der Waals surface area contributed by atoms with Gasteiger partial charge in [0.1, 0.15) is 5.75 Å². The number of methoxy groups -OCH3 is 1. The Hall–Kier alpha value is -3.70. The van der Waals surface area contributed by atoms with E-state index in [-0.39, 0.29) is 23.6 Å². The van der Waals surface area contributed by atoms with Crippen LogP contribution in [0.2, 0.25) is 0 Å². The van der Waals surface area contributed by atoms with E-state index < -0.39 is 21.8 Å². The van der Waals surface area contributed by atoms with E-state index in [9.17, 15) is 21.6 Å². The summed E-state index contributed by atoms with van der Waals surface area (Å²) in [6.07, 6.45) is 2.37. The second-order valence-electron chi connectivity index (χ2n) is 9.58. The lowest BCUT2D eigenvalue weighted by atomic mass is 10.00. The Bertz CT molecular complexity index is 1580. The normalized spacial score (nSPS) is 14.1. The van der Waals surface area contributed by atoms with Gasteiger partial charge in [-0.15, -0.1) is 0 Å². The molecule has 0 N–H and O–H groups in total. The molecule has 0 radical (unpaired) electrons. The molecule has 0 spiro atoms. The van der Waals surface area contributed by atoms with Gasteiger partial charge in [-0.2, -0.15) is 17.5 Å². The van der Waals surface area contributed by atoms with E-state index >= 15 is 0 Å². The van der Waals surface area contributed by atoms with Crippen molar-refractivity contribution in [1.29, 1.82) is 0 Å². The Labute approximate surface area is 225 Å². The minimum Gasteiger partial charge on any atom is -0.497 e.